The molecule has 4 aliphatic heterocycles. The molecule has 2 aromatic carbocycles. The summed E-state index contributed by atoms with van der Waals surface area (Å²) < 4.78 is 58.5. The first kappa shape index (κ1) is 45.7. The minimum absolute atomic E-state index is 0.0640. The molecule has 4 saturated heterocycles. The van der Waals surface area contributed by atoms with Gasteiger partial charge in [-0.25, -0.2) is 46.5 Å². The first-order chi connectivity index (χ1) is 32.3. The molecule has 0 spiro atoms. The molecule has 8 heterocycles. The van der Waals surface area contributed by atoms with Gasteiger partial charge in [-0.2, -0.15) is 4.31 Å². The molecule has 2 aliphatic carbocycles. The summed E-state index contributed by atoms with van der Waals surface area (Å²) in [6.45, 7) is 14.2. The van der Waals surface area contributed by atoms with Crippen molar-refractivity contribution in [3.05, 3.63) is 106 Å². The monoisotopic (exact) mass is 1000 g/mol. The fraction of sp³-hybridized carbons (Fsp3) is 0.435. The Kier molecular flexibility index (Phi) is 12.6. The van der Waals surface area contributed by atoms with Gasteiger partial charge in [-0.05, 0) is 113 Å². The van der Waals surface area contributed by atoms with Crippen molar-refractivity contribution in [2.75, 3.05) is 5.32 Å². The highest BCUT2D eigenvalue weighted by molar-refractivity contribution is 8.14. The molecule has 348 valence electrons. The molecule has 4 aromatic heterocycles. The number of halogens is 3. The Morgan fingerprint density at radius 1 is 0.657 bits per heavy atom. The fourth-order valence-electron chi connectivity index (χ4n) is 10.1. The molecule has 0 amide bonds. The number of ether oxygens (including phenoxy) is 1. The lowest BCUT2D eigenvalue weighted by Crippen LogP contribution is -2.48. The average Bonchev–Trinajstić information content (AvgIpc) is 4.23. The summed E-state index contributed by atoms with van der Waals surface area (Å²) in [5.74, 6) is 1.55. The van der Waals surface area contributed by atoms with Crippen LogP contribution in [-0.4, -0.2) is 84.9 Å². The highest BCUT2D eigenvalue weighted by Gasteiger charge is 2.52. The maximum absolute atomic E-state index is 13.0. The molecule has 2 saturated carbocycles. The molecule has 6 aliphatic rings. The third-order valence-electron chi connectivity index (χ3n) is 13.6. The third kappa shape index (κ3) is 9.55. The van der Waals surface area contributed by atoms with Crippen LogP contribution in [0.5, 0.6) is 11.6 Å². The van der Waals surface area contributed by atoms with Gasteiger partial charge in [0.15, 0.2) is 11.4 Å². The van der Waals surface area contributed by atoms with Crippen LogP contribution in [-0.2, 0) is 19.1 Å². The summed E-state index contributed by atoms with van der Waals surface area (Å²) in [4.78, 5) is 24.6. The molecule has 4 unspecified atom stereocenters. The standard InChI is InChI=1S/C23H22ClN5O3S.C20H19ClN6.C3H5ClO2S/c1-25-14-2-7-21(20(24)10-14)32-23-19-8-9-28(22(19)26-13-27-23)17-11-15-3-4-16(12-17)29(15)33(30,31)18-5-6-18;1-22-12-4-5-18(17(21)10-12)26-19-16-6-7-27(20(16)24-11-23-19)15-8-13-2-3-14(9-15)25-13;4-7(5,6)3-1-2-3/h2,7-10,13,15-18H,3-6,11-12H2;4-7,10-11,13-15,25H,2-3,8-9H2,(H,23,24,26);3H,1-2H2. The van der Waals surface area contributed by atoms with E-state index >= 15 is 0 Å². The Labute approximate surface area is 403 Å². The number of piperidine rings is 2. The Balaban J connectivity index is 0.000000139. The first-order valence-corrected chi connectivity index (χ1v) is 27.0. The van der Waals surface area contributed by atoms with E-state index in [2.05, 4.69) is 61.7 Å². The molecule has 12 rings (SSSR count). The number of nitrogens with zero attached hydrogens (tertiary/aromatic N) is 9. The Morgan fingerprint density at radius 2 is 1.22 bits per heavy atom. The summed E-state index contributed by atoms with van der Waals surface area (Å²) >= 11 is 12.6. The van der Waals surface area contributed by atoms with Gasteiger partial charge in [-0.3, -0.25) is 0 Å². The van der Waals surface area contributed by atoms with Gasteiger partial charge in [-0.15, -0.1) is 0 Å². The van der Waals surface area contributed by atoms with Crippen molar-refractivity contribution in [2.24, 2.45) is 0 Å². The summed E-state index contributed by atoms with van der Waals surface area (Å²) in [6, 6.07) is 16.1. The molecule has 6 aromatic rings. The number of aromatic nitrogens is 6. The number of rotatable bonds is 9. The zero-order chi connectivity index (χ0) is 46.6. The largest absolute Gasteiger partial charge is 0.437 e. The van der Waals surface area contributed by atoms with E-state index in [9.17, 15) is 16.8 Å². The van der Waals surface area contributed by atoms with E-state index in [0.29, 0.717) is 51.2 Å². The van der Waals surface area contributed by atoms with Gasteiger partial charge >= 0.3 is 0 Å². The van der Waals surface area contributed by atoms with Crippen LogP contribution in [0.25, 0.3) is 31.8 Å². The maximum Gasteiger partial charge on any atom is 0.235 e. The second-order valence-corrected chi connectivity index (χ2v) is 23.9. The van der Waals surface area contributed by atoms with E-state index in [4.69, 9.17) is 51.8 Å². The van der Waals surface area contributed by atoms with E-state index in [0.717, 1.165) is 97.8 Å². The zero-order valence-corrected chi connectivity index (χ0v) is 39.9. The normalized spacial score (nSPS) is 24.5. The van der Waals surface area contributed by atoms with E-state index in [1.54, 1.807) is 36.7 Å². The van der Waals surface area contributed by atoms with Gasteiger partial charge in [0.1, 0.15) is 35.5 Å². The van der Waals surface area contributed by atoms with E-state index in [-0.39, 0.29) is 28.6 Å². The van der Waals surface area contributed by atoms with Crippen LogP contribution >= 0.6 is 33.9 Å². The van der Waals surface area contributed by atoms with Crippen LogP contribution in [0, 0.1) is 13.1 Å². The molecule has 6 fully saturated rings. The number of fused-ring (bicyclic) bond motifs is 6. The van der Waals surface area contributed by atoms with Crippen LogP contribution in [0.1, 0.15) is 89.1 Å². The molecular weight excluding hydrogens is 957 g/mol. The Bertz CT molecular complexity index is 3160. The number of anilines is 2. The van der Waals surface area contributed by atoms with E-state index in [1.165, 1.54) is 19.2 Å². The molecule has 0 radical (unpaired) electrons. The van der Waals surface area contributed by atoms with E-state index in [1.807, 2.05) is 22.6 Å². The van der Waals surface area contributed by atoms with Gasteiger partial charge < -0.3 is 24.5 Å². The van der Waals surface area contributed by atoms with Crippen molar-refractivity contribution in [1.29, 1.82) is 0 Å². The van der Waals surface area contributed by atoms with Gasteiger partial charge in [0, 0.05) is 59.3 Å². The zero-order valence-electron chi connectivity index (χ0n) is 36.0. The summed E-state index contributed by atoms with van der Waals surface area (Å²) in [6.07, 6.45) is 18.6. The van der Waals surface area contributed by atoms with Gasteiger partial charge in [0.05, 0.1) is 50.1 Å². The molecular formula is C46H46Cl3N11O5S2. The van der Waals surface area contributed by atoms with Crippen molar-refractivity contribution in [2.45, 2.75) is 124 Å². The fourth-order valence-corrected chi connectivity index (χ4v) is 14.1. The number of benzene rings is 2. The first-order valence-electron chi connectivity index (χ1n) is 22.4. The molecule has 16 nitrogen and oxygen atoms in total. The predicted octanol–water partition coefficient (Wildman–Crippen LogP) is 10.6. The summed E-state index contributed by atoms with van der Waals surface area (Å²) in [5.41, 5.74) is 3.40. The minimum Gasteiger partial charge on any atom is -0.437 e. The van der Waals surface area contributed by atoms with Gasteiger partial charge in [0.2, 0.25) is 25.0 Å². The van der Waals surface area contributed by atoms with Gasteiger partial charge in [0.25, 0.3) is 0 Å². The molecule has 21 heteroatoms. The lowest BCUT2D eigenvalue weighted by atomic mass is 9.99. The van der Waals surface area contributed by atoms with Crippen LogP contribution in [0.15, 0.2) is 73.6 Å². The third-order valence-corrected chi connectivity index (χ3v) is 18.7. The second-order valence-electron chi connectivity index (χ2n) is 18.1. The number of hydrogen-bond acceptors (Lipinski definition) is 11. The molecule has 2 N–H and O–H groups in total. The number of hydrogen-bond donors (Lipinski definition) is 2. The van der Waals surface area contributed by atoms with Gasteiger partial charge in [-0.1, -0.05) is 35.3 Å². The van der Waals surface area contributed by atoms with Crippen LogP contribution in [0.4, 0.5) is 22.9 Å². The predicted molar refractivity (Wildman–Crippen MR) is 259 cm³/mol. The number of sulfonamides is 1. The SMILES string of the molecule is O=S(=O)(Cl)C1CC1.[C-]#[N+]c1ccc(Nc2ncnc3c2ccn3C2CC3CCC(C2)N3)c(Cl)c1.[C-]#[N+]c1ccc(Oc2ncnc3c2ccn3C2CC3CCC(C2)N3S(=O)(=O)C2CC2)c(Cl)c1. The van der Waals surface area contributed by atoms with Crippen LogP contribution < -0.4 is 15.4 Å². The Hall–Kier alpha value is -5.05. The van der Waals surface area contributed by atoms with Crippen molar-refractivity contribution >= 4 is 97.9 Å². The minimum atomic E-state index is -3.16. The lowest BCUT2D eigenvalue weighted by molar-refractivity contribution is 0.195. The maximum atomic E-state index is 13.0. The van der Waals surface area contributed by atoms with Crippen molar-refractivity contribution in [1.82, 2.24) is 38.7 Å². The Morgan fingerprint density at radius 3 is 1.79 bits per heavy atom. The van der Waals surface area contributed by atoms with Crippen molar-refractivity contribution < 1.29 is 21.6 Å². The average molecular weight is 1000 g/mol. The van der Waals surface area contributed by atoms with E-state index < -0.39 is 19.1 Å². The number of nitrogens with one attached hydrogen (secondary N) is 2. The highest BCUT2D eigenvalue weighted by Crippen LogP contribution is 2.47. The molecule has 4 bridgehead atoms. The van der Waals surface area contributed by atoms with Crippen molar-refractivity contribution in [3.8, 4) is 11.6 Å². The molecule has 67 heavy (non-hydrogen) atoms. The topological polar surface area (TPSA) is 175 Å². The van der Waals surface area contributed by atoms with Crippen LogP contribution in [0.3, 0.4) is 0 Å². The summed E-state index contributed by atoms with van der Waals surface area (Å²) in [5, 5.41) is 9.22. The lowest BCUT2D eigenvalue weighted by Gasteiger charge is -2.38. The highest BCUT2D eigenvalue weighted by atomic mass is 35.7. The second kappa shape index (κ2) is 18.5. The van der Waals surface area contributed by atoms with Crippen molar-refractivity contribution in [3.63, 3.8) is 0 Å². The molecule has 4 atom stereocenters. The summed E-state index contributed by atoms with van der Waals surface area (Å²) in [7, 11) is -1.42. The quantitative estimate of drug-likeness (QED) is 0.104. The van der Waals surface area contributed by atoms with Crippen LogP contribution in [0.2, 0.25) is 10.0 Å². The smallest absolute Gasteiger partial charge is 0.235 e.